The summed E-state index contributed by atoms with van der Waals surface area (Å²) < 4.78 is 6.93. The van der Waals surface area contributed by atoms with Crippen LogP contribution < -0.4 is 10.1 Å². The van der Waals surface area contributed by atoms with Gasteiger partial charge in [-0.05, 0) is 66.0 Å². The molecule has 2 aromatic carbocycles. The van der Waals surface area contributed by atoms with Gasteiger partial charge < -0.3 is 10.1 Å². The highest BCUT2D eigenvalue weighted by Crippen LogP contribution is 2.30. The molecule has 1 N–H and O–H groups in total. The van der Waals surface area contributed by atoms with Gasteiger partial charge in [0.1, 0.15) is 5.75 Å². The van der Waals surface area contributed by atoms with Gasteiger partial charge in [0.25, 0.3) is 0 Å². The van der Waals surface area contributed by atoms with Gasteiger partial charge in [-0.3, -0.25) is 4.79 Å². The van der Waals surface area contributed by atoms with E-state index in [0.717, 1.165) is 28.8 Å². The molecule has 1 atom stereocenters. The average molecular weight is 439 g/mol. The minimum atomic E-state index is -0.0233. The van der Waals surface area contributed by atoms with E-state index in [9.17, 15) is 4.79 Å². The van der Waals surface area contributed by atoms with Crippen molar-refractivity contribution in [2.45, 2.75) is 71.6 Å². The Balaban J connectivity index is 1.46. The quantitative estimate of drug-likeness (QED) is 0.338. The van der Waals surface area contributed by atoms with E-state index in [1.165, 1.54) is 22.5 Å². The van der Waals surface area contributed by atoms with Crippen LogP contribution in [0.2, 0.25) is 0 Å². The molecule has 166 valence electrons. The first-order chi connectivity index (χ1) is 14.8. The molecular weight excluding hydrogens is 404 g/mol. The number of carbonyl (C=O) groups is 1. The standard InChI is InChI=1S/C26H34N2O2S/c1-6-18(3)19-10-15-22-23(17-19)31-25(27-22)28-24(29)9-8-16-30-21-13-11-20(12-14-21)26(4,5)7-2/h10-15,17-18H,6-9,16H2,1-5H3,(H,27,28,29). The number of hydrogen-bond donors (Lipinski definition) is 1. The summed E-state index contributed by atoms with van der Waals surface area (Å²) in [4.78, 5) is 16.9. The highest BCUT2D eigenvalue weighted by Gasteiger charge is 2.17. The number of aromatic nitrogens is 1. The van der Waals surface area contributed by atoms with Crippen molar-refractivity contribution < 1.29 is 9.53 Å². The summed E-state index contributed by atoms with van der Waals surface area (Å²) in [6.07, 6.45) is 3.28. The Kier molecular flexibility index (Phi) is 7.71. The fraction of sp³-hybridized carbons (Fsp3) is 0.462. The number of thiazole rings is 1. The number of nitrogens with one attached hydrogen (secondary N) is 1. The summed E-state index contributed by atoms with van der Waals surface area (Å²) in [5.41, 5.74) is 3.74. The number of rotatable bonds is 10. The molecule has 1 amide bonds. The van der Waals surface area contributed by atoms with E-state index >= 15 is 0 Å². The van der Waals surface area contributed by atoms with Gasteiger partial charge in [-0.2, -0.15) is 0 Å². The summed E-state index contributed by atoms with van der Waals surface area (Å²) in [6.45, 7) is 11.6. The van der Waals surface area contributed by atoms with E-state index in [1.807, 2.05) is 18.2 Å². The zero-order chi connectivity index (χ0) is 22.4. The molecule has 4 nitrogen and oxygen atoms in total. The second-order valence-corrected chi connectivity index (χ2v) is 9.85. The van der Waals surface area contributed by atoms with Gasteiger partial charge in [0.2, 0.25) is 5.91 Å². The third-order valence-electron chi connectivity index (χ3n) is 6.18. The predicted molar refractivity (Wildman–Crippen MR) is 131 cm³/mol. The molecule has 0 spiro atoms. The second-order valence-electron chi connectivity index (χ2n) is 8.82. The van der Waals surface area contributed by atoms with Crippen LogP contribution in [0, 0.1) is 0 Å². The van der Waals surface area contributed by atoms with Crippen LogP contribution in [0.4, 0.5) is 5.13 Å². The van der Waals surface area contributed by atoms with Crippen LogP contribution in [0.5, 0.6) is 5.75 Å². The van der Waals surface area contributed by atoms with Crippen LogP contribution in [0.3, 0.4) is 0 Å². The van der Waals surface area contributed by atoms with Gasteiger partial charge in [0.05, 0.1) is 16.8 Å². The first-order valence-corrected chi connectivity index (χ1v) is 12.1. The molecule has 0 saturated carbocycles. The molecular formula is C26H34N2O2S. The van der Waals surface area contributed by atoms with E-state index in [0.29, 0.717) is 30.5 Å². The molecule has 0 aliphatic heterocycles. The zero-order valence-electron chi connectivity index (χ0n) is 19.3. The topological polar surface area (TPSA) is 51.2 Å². The van der Waals surface area contributed by atoms with Crippen LogP contribution in [0.25, 0.3) is 10.2 Å². The van der Waals surface area contributed by atoms with Crippen LogP contribution in [-0.4, -0.2) is 17.5 Å². The van der Waals surface area contributed by atoms with E-state index < -0.39 is 0 Å². The summed E-state index contributed by atoms with van der Waals surface area (Å²) in [7, 11) is 0. The van der Waals surface area contributed by atoms with Gasteiger partial charge in [0, 0.05) is 6.42 Å². The number of anilines is 1. The molecule has 0 fully saturated rings. The highest BCUT2D eigenvalue weighted by molar-refractivity contribution is 7.22. The fourth-order valence-electron chi connectivity index (χ4n) is 3.35. The summed E-state index contributed by atoms with van der Waals surface area (Å²) >= 11 is 1.53. The molecule has 3 aromatic rings. The maximum atomic E-state index is 12.3. The average Bonchev–Trinajstić information content (AvgIpc) is 3.17. The largest absolute Gasteiger partial charge is 0.494 e. The number of ether oxygens (including phenoxy) is 1. The number of amides is 1. The molecule has 3 rings (SSSR count). The minimum Gasteiger partial charge on any atom is -0.494 e. The molecule has 0 aliphatic rings. The van der Waals surface area contributed by atoms with Crippen molar-refractivity contribution in [2.75, 3.05) is 11.9 Å². The number of fused-ring (bicyclic) bond motifs is 1. The number of carbonyl (C=O) groups excluding carboxylic acids is 1. The number of nitrogens with zero attached hydrogens (tertiary/aromatic N) is 1. The molecule has 0 radical (unpaired) electrons. The Morgan fingerprint density at radius 2 is 1.90 bits per heavy atom. The van der Waals surface area contributed by atoms with Crippen molar-refractivity contribution in [3.63, 3.8) is 0 Å². The number of benzene rings is 2. The number of hydrogen-bond acceptors (Lipinski definition) is 4. The van der Waals surface area contributed by atoms with Gasteiger partial charge in [-0.25, -0.2) is 4.98 Å². The second kappa shape index (κ2) is 10.3. The maximum Gasteiger partial charge on any atom is 0.226 e. The fourth-order valence-corrected chi connectivity index (χ4v) is 4.28. The Bertz CT molecular complexity index is 1010. The van der Waals surface area contributed by atoms with E-state index in [1.54, 1.807) is 0 Å². The zero-order valence-corrected chi connectivity index (χ0v) is 20.1. The smallest absolute Gasteiger partial charge is 0.226 e. The molecule has 1 unspecified atom stereocenters. The lowest BCUT2D eigenvalue weighted by molar-refractivity contribution is -0.116. The van der Waals surface area contributed by atoms with E-state index in [-0.39, 0.29) is 11.3 Å². The molecule has 1 heterocycles. The lowest BCUT2D eigenvalue weighted by Crippen LogP contribution is -2.15. The van der Waals surface area contributed by atoms with Crippen molar-refractivity contribution in [3.8, 4) is 5.75 Å². The van der Waals surface area contributed by atoms with Gasteiger partial charge in [0.15, 0.2) is 5.13 Å². The van der Waals surface area contributed by atoms with E-state index in [4.69, 9.17) is 4.74 Å². The van der Waals surface area contributed by atoms with Crippen molar-refractivity contribution in [2.24, 2.45) is 0 Å². The van der Waals surface area contributed by atoms with Crippen LogP contribution in [0.15, 0.2) is 42.5 Å². The maximum absolute atomic E-state index is 12.3. The van der Waals surface area contributed by atoms with Crippen molar-refractivity contribution in [3.05, 3.63) is 53.6 Å². The Hall–Kier alpha value is -2.40. The molecule has 5 heteroatoms. The predicted octanol–water partition coefficient (Wildman–Crippen LogP) is 7.30. The summed E-state index contributed by atoms with van der Waals surface area (Å²) in [6, 6.07) is 14.7. The normalized spacial score (nSPS) is 12.7. The molecule has 0 bridgehead atoms. The van der Waals surface area contributed by atoms with Crippen LogP contribution >= 0.6 is 11.3 Å². The molecule has 31 heavy (non-hydrogen) atoms. The van der Waals surface area contributed by atoms with Crippen molar-refractivity contribution in [1.82, 2.24) is 4.98 Å². The van der Waals surface area contributed by atoms with Gasteiger partial charge in [-0.15, -0.1) is 0 Å². The SMILES string of the molecule is CCC(C)c1ccc2nc(NC(=O)CCCOc3ccc(C(C)(C)CC)cc3)sc2c1. The third-order valence-corrected chi connectivity index (χ3v) is 7.11. The molecule has 1 aromatic heterocycles. The molecule has 0 aliphatic carbocycles. The highest BCUT2D eigenvalue weighted by atomic mass is 32.1. The van der Waals surface area contributed by atoms with Crippen LogP contribution in [0.1, 0.15) is 77.3 Å². The lowest BCUT2D eigenvalue weighted by atomic mass is 9.82. The first-order valence-electron chi connectivity index (χ1n) is 11.3. The Labute approximate surface area is 190 Å². The van der Waals surface area contributed by atoms with Crippen molar-refractivity contribution in [1.29, 1.82) is 0 Å². The van der Waals surface area contributed by atoms with Crippen molar-refractivity contribution >= 4 is 32.6 Å². The summed E-state index contributed by atoms with van der Waals surface area (Å²) in [5.74, 6) is 1.35. The van der Waals surface area contributed by atoms with Gasteiger partial charge >= 0.3 is 0 Å². The van der Waals surface area contributed by atoms with Crippen LogP contribution in [-0.2, 0) is 10.2 Å². The lowest BCUT2D eigenvalue weighted by Gasteiger charge is -2.23. The monoisotopic (exact) mass is 438 g/mol. The Morgan fingerprint density at radius 1 is 1.16 bits per heavy atom. The third kappa shape index (κ3) is 6.07. The first kappa shape index (κ1) is 23.3. The molecule has 0 saturated heterocycles. The minimum absolute atomic E-state index is 0.0233. The Morgan fingerprint density at radius 3 is 2.58 bits per heavy atom. The summed E-state index contributed by atoms with van der Waals surface area (Å²) in [5, 5.41) is 3.60. The van der Waals surface area contributed by atoms with Gasteiger partial charge in [-0.1, -0.05) is 64.2 Å². The van der Waals surface area contributed by atoms with E-state index in [2.05, 4.69) is 69.2 Å².